The minimum atomic E-state index is -0.338. The van der Waals surface area contributed by atoms with Crippen LogP contribution >= 0.6 is 0 Å². The van der Waals surface area contributed by atoms with Crippen LogP contribution in [0.4, 0.5) is 11.4 Å². The first-order chi connectivity index (χ1) is 9.11. The van der Waals surface area contributed by atoms with Crippen molar-refractivity contribution in [3.8, 4) is 0 Å². The molecule has 0 spiro atoms. The van der Waals surface area contributed by atoms with Crippen LogP contribution in [0.25, 0.3) is 0 Å². The zero-order valence-corrected chi connectivity index (χ0v) is 11.2. The number of aryl methyl sites for hydroxylation is 1. The lowest BCUT2D eigenvalue weighted by Crippen LogP contribution is -2.29. The van der Waals surface area contributed by atoms with Crippen LogP contribution in [-0.4, -0.2) is 29.2 Å². The number of nitro groups is 1. The molecule has 5 nitrogen and oxygen atoms in total. The van der Waals surface area contributed by atoms with E-state index in [1.807, 2.05) is 13.0 Å². The van der Waals surface area contributed by atoms with E-state index in [0.29, 0.717) is 6.04 Å². The van der Waals surface area contributed by atoms with E-state index in [2.05, 4.69) is 4.90 Å². The Labute approximate surface area is 113 Å². The molecule has 1 unspecified atom stereocenters. The fourth-order valence-corrected chi connectivity index (χ4v) is 2.82. The molecule has 1 fully saturated rings. The van der Waals surface area contributed by atoms with Crippen molar-refractivity contribution in [2.75, 3.05) is 18.1 Å². The van der Waals surface area contributed by atoms with Gasteiger partial charge in [-0.2, -0.15) is 0 Å². The average Bonchev–Trinajstić information content (AvgIpc) is 2.83. The lowest BCUT2D eigenvalue weighted by molar-refractivity contribution is -0.384. The Morgan fingerprint density at radius 3 is 2.95 bits per heavy atom. The molecule has 1 heterocycles. The summed E-state index contributed by atoms with van der Waals surface area (Å²) >= 11 is 0. The normalized spacial score (nSPS) is 18.8. The Morgan fingerprint density at radius 1 is 1.47 bits per heavy atom. The molecule has 1 aromatic carbocycles. The van der Waals surface area contributed by atoms with Crippen molar-refractivity contribution in [2.45, 2.75) is 38.6 Å². The number of hydrogen-bond donors (Lipinski definition) is 1. The molecule has 0 bridgehead atoms. The molecule has 0 aromatic heterocycles. The van der Waals surface area contributed by atoms with Crippen molar-refractivity contribution in [2.24, 2.45) is 0 Å². The summed E-state index contributed by atoms with van der Waals surface area (Å²) in [7, 11) is 0. The highest BCUT2D eigenvalue weighted by molar-refractivity contribution is 5.56. The van der Waals surface area contributed by atoms with Gasteiger partial charge in [0.05, 0.1) is 4.92 Å². The summed E-state index contributed by atoms with van der Waals surface area (Å²) in [4.78, 5) is 12.8. The molecule has 19 heavy (non-hydrogen) atoms. The maximum absolute atomic E-state index is 10.9. The van der Waals surface area contributed by atoms with E-state index in [1.165, 1.54) is 0 Å². The largest absolute Gasteiger partial charge is 0.396 e. The number of aliphatic hydroxyl groups excluding tert-OH is 1. The van der Waals surface area contributed by atoms with Gasteiger partial charge in [-0.15, -0.1) is 0 Å². The molecule has 0 saturated carbocycles. The lowest BCUT2D eigenvalue weighted by atomic mass is 10.1. The highest BCUT2D eigenvalue weighted by Crippen LogP contribution is 2.31. The molecule has 104 valence electrons. The molecule has 1 aliphatic heterocycles. The van der Waals surface area contributed by atoms with Gasteiger partial charge in [0.2, 0.25) is 0 Å². The Kier molecular flexibility index (Phi) is 4.37. The van der Waals surface area contributed by atoms with E-state index < -0.39 is 0 Å². The number of non-ortho nitro benzene ring substituents is 1. The molecular weight excluding hydrogens is 244 g/mol. The van der Waals surface area contributed by atoms with Crippen LogP contribution in [0.5, 0.6) is 0 Å². The number of anilines is 1. The minimum Gasteiger partial charge on any atom is -0.396 e. The van der Waals surface area contributed by atoms with Crippen LogP contribution in [-0.2, 0) is 0 Å². The summed E-state index contributed by atoms with van der Waals surface area (Å²) in [6.07, 6.45) is 3.94. The molecule has 0 radical (unpaired) electrons. The molecule has 1 N–H and O–H groups in total. The van der Waals surface area contributed by atoms with Crippen LogP contribution in [0.15, 0.2) is 18.2 Å². The third-order valence-corrected chi connectivity index (χ3v) is 3.66. The summed E-state index contributed by atoms with van der Waals surface area (Å²) in [6, 6.07) is 5.66. The minimum absolute atomic E-state index is 0.155. The van der Waals surface area contributed by atoms with Crippen molar-refractivity contribution < 1.29 is 10.0 Å². The number of rotatable bonds is 5. The lowest BCUT2D eigenvalue weighted by Gasteiger charge is -2.27. The number of nitro benzene ring substituents is 1. The van der Waals surface area contributed by atoms with Crippen molar-refractivity contribution in [3.63, 3.8) is 0 Å². The Hall–Kier alpha value is -1.62. The van der Waals surface area contributed by atoms with E-state index in [9.17, 15) is 10.1 Å². The van der Waals surface area contributed by atoms with Gasteiger partial charge >= 0.3 is 0 Å². The summed E-state index contributed by atoms with van der Waals surface area (Å²) in [5, 5.41) is 19.9. The van der Waals surface area contributed by atoms with E-state index in [4.69, 9.17) is 5.11 Å². The Morgan fingerprint density at radius 2 is 2.26 bits per heavy atom. The molecule has 1 saturated heterocycles. The van der Waals surface area contributed by atoms with Crippen molar-refractivity contribution in [3.05, 3.63) is 33.9 Å². The molecule has 0 amide bonds. The zero-order chi connectivity index (χ0) is 13.8. The van der Waals surface area contributed by atoms with Crippen LogP contribution < -0.4 is 4.90 Å². The fraction of sp³-hybridized carbons (Fsp3) is 0.571. The van der Waals surface area contributed by atoms with Gasteiger partial charge in [-0.05, 0) is 44.2 Å². The van der Waals surface area contributed by atoms with Crippen molar-refractivity contribution >= 4 is 11.4 Å². The van der Waals surface area contributed by atoms with Gasteiger partial charge in [0.1, 0.15) is 0 Å². The van der Waals surface area contributed by atoms with Gasteiger partial charge in [-0.25, -0.2) is 0 Å². The molecule has 1 aliphatic rings. The first kappa shape index (κ1) is 13.8. The molecular formula is C14H20N2O3. The second kappa shape index (κ2) is 6.02. The molecule has 1 atom stereocenters. The fourth-order valence-electron chi connectivity index (χ4n) is 2.82. The maximum Gasteiger partial charge on any atom is 0.271 e. The van der Waals surface area contributed by atoms with E-state index >= 15 is 0 Å². The summed E-state index contributed by atoms with van der Waals surface area (Å²) in [5.74, 6) is 0. The average molecular weight is 264 g/mol. The van der Waals surface area contributed by atoms with E-state index in [-0.39, 0.29) is 17.2 Å². The number of hydrogen-bond acceptors (Lipinski definition) is 4. The molecule has 5 heteroatoms. The predicted octanol–water partition coefficient (Wildman–Crippen LogP) is 2.64. The van der Waals surface area contributed by atoms with E-state index in [1.54, 1.807) is 12.1 Å². The highest BCUT2D eigenvalue weighted by Gasteiger charge is 2.25. The van der Waals surface area contributed by atoms with Crippen LogP contribution in [0.3, 0.4) is 0 Å². The topological polar surface area (TPSA) is 66.6 Å². The second-order valence-electron chi connectivity index (χ2n) is 5.14. The third-order valence-electron chi connectivity index (χ3n) is 3.66. The van der Waals surface area contributed by atoms with Gasteiger partial charge in [-0.3, -0.25) is 10.1 Å². The number of aliphatic hydroxyl groups is 1. The first-order valence-electron chi connectivity index (χ1n) is 6.75. The van der Waals surface area contributed by atoms with Crippen LogP contribution in [0, 0.1) is 17.0 Å². The quantitative estimate of drug-likeness (QED) is 0.656. The third kappa shape index (κ3) is 3.23. The highest BCUT2D eigenvalue weighted by atomic mass is 16.6. The maximum atomic E-state index is 10.9. The number of benzene rings is 1. The smallest absolute Gasteiger partial charge is 0.271 e. The van der Waals surface area contributed by atoms with Gasteiger partial charge < -0.3 is 10.0 Å². The summed E-state index contributed by atoms with van der Waals surface area (Å²) in [5.41, 5.74) is 2.01. The standard InChI is InChI=1S/C14H20N2O3/c1-11-8-13(10-14(9-11)16(18)19)15-6-2-4-12(15)5-3-7-17/h8-10,12,17H,2-7H2,1H3. The van der Waals surface area contributed by atoms with Gasteiger partial charge in [0.15, 0.2) is 0 Å². The SMILES string of the molecule is Cc1cc(N2CCCC2CCCO)cc([N+](=O)[O-])c1. The number of nitrogens with zero attached hydrogens (tertiary/aromatic N) is 2. The Bertz CT molecular complexity index is 462. The summed E-state index contributed by atoms with van der Waals surface area (Å²) in [6.45, 7) is 3.03. The van der Waals surface area contributed by atoms with Gasteiger partial charge in [0, 0.05) is 37.0 Å². The van der Waals surface area contributed by atoms with Gasteiger partial charge in [-0.1, -0.05) is 0 Å². The predicted molar refractivity (Wildman–Crippen MR) is 74.5 cm³/mol. The first-order valence-corrected chi connectivity index (χ1v) is 6.75. The van der Waals surface area contributed by atoms with Crippen LogP contribution in [0.2, 0.25) is 0 Å². The van der Waals surface area contributed by atoms with Crippen LogP contribution in [0.1, 0.15) is 31.2 Å². The molecule has 2 rings (SSSR count). The zero-order valence-electron chi connectivity index (χ0n) is 11.2. The monoisotopic (exact) mass is 264 g/mol. The molecule has 0 aliphatic carbocycles. The van der Waals surface area contributed by atoms with Crippen molar-refractivity contribution in [1.82, 2.24) is 0 Å². The van der Waals surface area contributed by atoms with Gasteiger partial charge in [0.25, 0.3) is 5.69 Å². The van der Waals surface area contributed by atoms with Crippen molar-refractivity contribution in [1.29, 1.82) is 0 Å². The second-order valence-corrected chi connectivity index (χ2v) is 5.14. The van der Waals surface area contributed by atoms with E-state index in [0.717, 1.165) is 43.5 Å². The summed E-state index contributed by atoms with van der Waals surface area (Å²) < 4.78 is 0. The Balaban J connectivity index is 2.22. The molecule has 1 aromatic rings.